The van der Waals surface area contributed by atoms with Gasteiger partial charge in [-0.3, -0.25) is 4.90 Å². The molecule has 2 saturated heterocycles. The van der Waals surface area contributed by atoms with Crippen molar-refractivity contribution in [2.24, 2.45) is 0 Å². The molecule has 2 fully saturated rings. The van der Waals surface area contributed by atoms with Gasteiger partial charge < -0.3 is 24.6 Å². The number of benzene rings is 2. The third-order valence-electron chi connectivity index (χ3n) is 8.42. The number of hydrogen-bond donors (Lipinski definition) is 2. The van der Waals surface area contributed by atoms with Crippen molar-refractivity contribution in [1.82, 2.24) is 19.8 Å². The maximum absolute atomic E-state index is 15.9. The zero-order chi connectivity index (χ0) is 35.2. The first kappa shape index (κ1) is 40.6. The number of hydrogen-bond acceptors (Lipinski definition) is 8. The van der Waals surface area contributed by atoms with Crippen LogP contribution < -0.4 is 0 Å². The van der Waals surface area contributed by atoms with Crippen LogP contribution in [0.3, 0.4) is 0 Å². The Balaban J connectivity index is 0.000000418. The van der Waals surface area contributed by atoms with E-state index in [2.05, 4.69) is 9.97 Å². The lowest BCUT2D eigenvalue weighted by atomic mass is 9.71. The number of carbonyl (C=O) groups is 1. The third-order valence-corrected chi connectivity index (χ3v) is 8.87. The van der Waals surface area contributed by atoms with E-state index in [-0.39, 0.29) is 36.9 Å². The van der Waals surface area contributed by atoms with E-state index < -0.39 is 23.3 Å². The molecule has 0 aliphatic carbocycles. The molecule has 2 atom stereocenters. The summed E-state index contributed by atoms with van der Waals surface area (Å²) in [4.78, 5) is 19.7. The van der Waals surface area contributed by atoms with Crippen LogP contribution in [0.2, 0.25) is 10.0 Å². The minimum atomic E-state index is -1.85. The van der Waals surface area contributed by atoms with E-state index in [0.717, 1.165) is 24.3 Å². The Morgan fingerprint density at radius 3 is 2.06 bits per heavy atom. The molecule has 0 amide bonds. The first-order chi connectivity index (χ1) is 22.3. The Morgan fingerprint density at radius 2 is 1.62 bits per heavy atom. The molecule has 1 unspecified atom stereocenters. The Kier molecular flexibility index (Phi) is 16.8. The predicted octanol–water partition coefficient (Wildman–Crippen LogP) is 6.99. The quantitative estimate of drug-likeness (QED) is 0.255. The van der Waals surface area contributed by atoms with E-state index in [4.69, 9.17) is 32.7 Å². The summed E-state index contributed by atoms with van der Waals surface area (Å²) in [7, 11) is 3.53. The molecule has 0 spiro atoms. The second-order valence-electron chi connectivity index (χ2n) is 11.9. The molecule has 3 heterocycles. The number of aliphatic hydroxyl groups excluding tert-OH is 1. The lowest BCUT2D eigenvalue weighted by Gasteiger charge is -2.46. The molecule has 2 aliphatic rings. The fourth-order valence-electron chi connectivity index (χ4n) is 5.48. The second kappa shape index (κ2) is 19.4. The van der Waals surface area contributed by atoms with Crippen LogP contribution in [0.4, 0.5) is 8.78 Å². The van der Waals surface area contributed by atoms with Crippen LogP contribution in [0, 0.1) is 19.7 Å². The lowest BCUT2D eigenvalue weighted by Crippen LogP contribution is -2.54. The van der Waals surface area contributed by atoms with Gasteiger partial charge in [0.15, 0.2) is 0 Å². The molecular formula is C35H48Cl2F2N4O4. The molecule has 0 bridgehead atoms. The number of rotatable bonds is 7. The number of aliphatic hydroxyl groups is 2. The third kappa shape index (κ3) is 11.5. The topological polar surface area (TPSA) is 99.0 Å². The molecule has 0 radical (unpaired) electrons. The van der Waals surface area contributed by atoms with Gasteiger partial charge in [-0.1, -0.05) is 53.9 Å². The van der Waals surface area contributed by atoms with Gasteiger partial charge in [-0.15, -0.1) is 0 Å². The normalized spacial score (nSPS) is 17.6. The number of ether oxygens (including phenoxy) is 1. The highest BCUT2D eigenvalue weighted by Crippen LogP contribution is 2.46. The van der Waals surface area contributed by atoms with E-state index in [1.807, 2.05) is 49.9 Å². The summed E-state index contributed by atoms with van der Waals surface area (Å²) < 4.78 is 36.1. The number of aryl methyl sites for hydroxylation is 2. The van der Waals surface area contributed by atoms with Crippen molar-refractivity contribution in [1.29, 1.82) is 0 Å². The SMILES string of the molecule is C1CCOC1.C=O.CCC(O)(c1cc(C)c([C@@H](O)N(C)Cc2ncc(Cl)cn2)c(F)c1)C1(F)CCN(C)CC1.Cc1ccc(Cl)cc1. The largest absolute Gasteiger partial charge is 0.382 e. The van der Waals surface area contributed by atoms with Crippen molar-refractivity contribution >= 4 is 30.0 Å². The molecule has 260 valence electrons. The average molecular weight is 698 g/mol. The Hall–Kier alpha value is -2.57. The molecular weight excluding hydrogens is 649 g/mol. The highest BCUT2D eigenvalue weighted by Gasteiger charge is 2.52. The Morgan fingerprint density at radius 1 is 1.06 bits per heavy atom. The summed E-state index contributed by atoms with van der Waals surface area (Å²) in [5, 5.41) is 23.4. The van der Waals surface area contributed by atoms with Crippen molar-refractivity contribution in [3.05, 3.63) is 92.7 Å². The molecule has 2 N–H and O–H groups in total. The van der Waals surface area contributed by atoms with Crippen LogP contribution in [0.15, 0.2) is 48.8 Å². The Labute approximate surface area is 287 Å². The van der Waals surface area contributed by atoms with Crippen LogP contribution in [0.25, 0.3) is 0 Å². The van der Waals surface area contributed by atoms with Gasteiger partial charge in [0.25, 0.3) is 0 Å². The van der Waals surface area contributed by atoms with Crippen LogP contribution >= 0.6 is 23.2 Å². The fourth-order valence-corrected chi connectivity index (χ4v) is 5.70. The van der Waals surface area contributed by atoms with E-state index >= 15 is 8.78 Å². The molecule has 8 nitrogen and oxygen atoms in total. The van der Waals surface area contributed by atoms with Crippen LogP contribution in [-0.2, 0) is 21.7 Å². The summed E-state index contributed by atoms with van der Waals surface area (Å²) >= 11 is 11.4. The zero-order valence-corrected chi connectivity index (χ0v) is 29.5. The molecule has 1 aromatic heterocycles. The molecule has 2 aliphatic heterocycles. The molecule has 3 aromatic rings. The smallest absolute Gasteiger partial charge is 0.146 e. The summed E-state index contributed by atoms with van der Waals surface area (Å²) in [5.41, 5.74) is -1.72. The highest BCUT2D eigenvalue weighted by molar-refractivity contribution is 6.30. The summed E-state index contributed by atoms with van der Waals surface area (Å²) in [6.07, 6.45) is 4.63. The van der Waals surface area contributed by atoms with Gasteiger partial charge in [0.2, 0.25) is 0 Å². The average Bonchev–Trinajstić information content (AvgIpc) is 3.66. The number of nitrogens with zero attached hydrogens (tertiary/aromatic N) is 4. The molecule has 47 heavy (non-hydrogen) atoms. The summed E-state index contributed by atoms with van der Waals surface area (Å²) in [6, 6.07) is 10.5. The highest BCUT2D eigenvalue weighted by atomic mass is 35.5. The van der Waals surface area contributed by atoms with Crippen LogP contribution in [-0.4, -0.2) is 82.8 Å². The van der Waals surface area contributed by atoms with E-state index in [9.17, 15) is 10.2 Å². The minimum Gasteiger partial charge on any atom is -0.382 e. The molecule has 0 saturated carbocycles. The number of piperidine rings is 1. The monoisotopic (exact) mass is 696 g/mol. The predicted molar refractivity (Wildman–Crippen MR) is 183 cm³/mol. The van der Waals surface area contributed by atoms with Gasteiger partial charge >= 0.3 is 0 Å². The minimum absolute atomic E-state index is 0.0694. The number of aromatic nitrogens is 2. The van der Waals surface area contributed by atoms with Crippen LogP contribution in [0.5, 0.6) is 0 Å². The lowest BCUT2D eigenvalue weighted by molar-refractivity contribution is -0.136. The summed E-state index contributed by atoms with van der Waals surface area (Å²) in [6.45, 7) is 10.6. The molecule has 2 aromatic carbocycles. The standard InChI is InChI=1S/C23H31ClF2N4O2.C7H7Cl.C4H8O.CH2O/c1-5-23(32,22(26)6-8-29(3)9-7-22)16-10-15(2)20(18(25)11-16)21(31)30(4)14-19-27-12-17(24)13-28-19;1-6-2-4-7(8)5-3-6;1-2-4-5-3-1;1-2/h10-13,21,31-32H,5-9,14H2,1-4H3;2-5H,1H3;1-4H2;1H2/t21-,23?;;;/m1.../s1. The molecule has 5 rings (SSSR count). The van der Waals surface area contributed by atoms with E-state index in [1.54, 1.807) is 27.0 Å². The maximum Gasteiger partial charge on any atom is 0.146 e. The van der Waals surface area contributed by atoms with Gasteiger partial charge in [0.05, 0.1) is 11.6 Å². The number of halogens is 4. The number of alkyl halides is 1. The van der Waals surface area contributed by atoms with Crippen molar-refractivity contribution in [2.45, 2.75) is 76.9 Å². The van der Waals surface area contributed by atoms with Gasteiger partial charge in [0.1, 0.15) is 35.9 Å². The second-order valence-corrected chi connectivity index (χ2v) is 12.8. The zero-order valence-electron chi connectivity index (χ0n) is 28.0. The van der Waals surface area contributed by atoms with Crippen molar-refractivity contribution in [3.63, 3.8) is 0 Å². The van der Waals surface area contributed by atoms with E-state index in [0.29, 0.717) is 29.5 Å². The van der Waals surface area contributed by atoms with Crippen LogP contribution in [0.1, 0.15) is 73.3 Å². The van der Waals surface area contributed by atoms with Crippen molar-refractivity contribution < 1.29 is 28.5 Å². The Bertz CT molecular complexity index is 1310. The fraction of sp³-hybridized carbons (Fsp3) is 0.514. The first-order valence-electron chi connectivity index (χ1n) is 15.6. The van der Waals surface area contributed by atoms with Gasteiger partial charge in [-0.25, -0.2) is 18.7 Å². The van der Waals surface area contributed by atoms with Gasteiger partial charge in [0, 0.05) is 49.3 Å². The number of carbonyl (C=O) groups excluding carboxylic acids is 1. The van der Waals surface area contributed by atoms with Gasteiger partial charge in [-0.2, -0.15) is 0 Å². The van der Waals surface area contributed by atoms with E-state index in [1.165, 1.54) is 35.7 Å². The maximum atomic E-state index is 15.9. The van der Waals surface area contributed by atoms with Crippen molar-refractivity contribution in [2.75, 3.05) is 40.4 Å². The number of likely N-dealkylation sites (tertiary alicyclic amines) is 1. The first-order valence-corrected chi connectivity index (χ1v) is 16.4. The van der Waals surface area contributed by atoms with Gasteiger partial charge in [-0.05, 0) is 89.4 Å². The molecule has 12 heteroatoms. The summed E-state index contributed by atoms with van der Waals surface area (Å²) in [5.74, 6) is -0.271. The van der Waals surface area contributed by atoms with Crippen molar-refractivity contribution in [3.8, 4) is 0 Å².